The van der Waals surface area contributed by atoms with E-state index in [2.05, 4.69) is 36.8 Å². The van der Waals surface area contributed by atoms with Gasteiger partial charge in [0.25, 0.3) is 5.91 Å². The zero-order chi connectivity index (χ0) is 35.3. The maximum atomic E-state index is 14.6. The molecule has 4 aromatic rings. The second-order valence-corrected chi connectivity index (χ2v) is 12.3. The number of carbonyl (C=O) groups excluding carboxylic acids is 1. The average molecular weight is 744 g/mol. The molecule has 0 fully saturated rings. The fraction of sp³-hybridized carbons (Fsp3) is 0.297. The first kappa shape index (κ1) is 36.2. The van der Waals surface area contributed by atoms with Crippen LogP contribution in [0.3, 0.4) is 0 Å². The maximum Gasteiger partial charge on any atom is 0.266 e. The number of benzene rings is 4. The molecule has 0 spiro atoms. The van der Waals surface area contributed by atoms with Crippen LogP contribution in [-0.2, 0) is 28.9 Å². The lowest BCUT2D eigenvalue weighted by Gasteiger charge is -2.32. The molecule has 0 saturated heterocycles. The van der Waals surface area contributed by atoms with Crippen molar-refractivity contribution >= 4 is 27.7 Å². The molecule has 1 amide bonds. The molecule has 0 aromatic heterocycles. The number of aliphatic imine (C=N–C) groups is 1. The van der Waals surface area contributed by atoms with Crippen LogP contribution in [0.25, 0.3) is 10.4 Å². The topological polar surface area (TPSA) is 159 Å². The molecule has 12 nitrogen and oxygen atoms in total. The minimum atomic E-state index is -1.49. The number of nitrogens with zero attached hydrogens (tertiary/aromatic N) is 4. The van der Waals surface area contributed by atoms with Gasteiger partial charge < -0.3 is 24.1 Å². The first-order valence-electron chi connectivity index (χ1n) is 16.1. The van der Waals surface area contributed by atoms with Gasteiger partial charge in [-0.25, -0.2) is 10.4 Å². The van der Waals surface area contributed by atoms with Gasteiger partial charge in [0.1, 0.15) is 5.75 Å². The van der Waals surface area contributed by atoms with Gasteiger partial charge in [-0.3, -0.25) is 10.2 Å². The van der Waals surface area contributed by atoms with Crippen molar-refractivity contribution in [2.24, 2.45) is 10.1 Å². The summed E-state index contributed by atoms with van der Waals surface area (Å²) in [5, 5.41) is 12.9. The van der Waals surface area contributed by atoms with Gasteiger partial charge in [-0.05, 0) is 71.1 Å². The molecule has 0 radical (unpaired) electrons. The molecule has 4 aromatic carbocycles. The summed E-state index contributed by atoms with van der Waals surface area (Å²) in [4.78, 5) is 22.7. The summed E-state index contributed by atoms with van der Waals surface area (Å²) >= 11 is 3.68. The zero-order valence-corrected chi connectivity index (χ0v) is 29.4. The Morgan fingerprint density at radius 2 is 1.76 bits per heavy atom. The molecule has 1 aliphatic heterocycles. The van der Waals surface area contributed by atoms with Crippen LogP contribution >= 0.6 is 15.9 Å². The summed E-state index contributed by atoms with van der Waals surface area (Å²) in [6.07, 6.45) is 0.416. The van der Waals surface area contributed by atoms with E-state index in [1.54, 1.807) is 26.4 Å². The lowest BCUT2D eigenvalue weighted by molar-refractivity contribution is -0.130. The van der Waals surface area contributed by atoms with E-state index in [0.29, 0.717) is 54.7 Å². The molecule has 1 heterocycles. The molecular formula is C37H39BrN6O6. The van der Waals surface area contributed by atoms with Gasteiger partial charge in [-0.1, -0.05) is 69.6 Å². The van der Waals surface area contributed by atoms with E-state index < -0.39 is 17.6 Å². The molecule has 0 aliphatic carbocycles. The fourth-order valence-electron chi connectivity index (χ4n) is 5.72. The lowest BCUT2D eigenvalue weighted by atomic mass is 9.81. The van der Waals surface area contributed by atoms with Gasteiger partial charge in [0.15, 0.2) is 23.1 Å². The Morgan fingerprint density at radius 3 is 2.48 bits per heavy atom. The van der Waals surface area contributed by atoms with Crippen molar-refractivity contribution in [3.05, 3.63) is 134 Å². The van der Waals surface area contributed by atoms with Crippen LogP contribution in [0.15, 0.2) is 106 Å². The summed E-state index contributed by atoms with van der Waals surface area (Å²) in [5.74, 6) is 1.79. The number of aliphatic hydroxyl groups is 1. The number of carbonyl (C=O) groups is 1. The third-order valence-corrected chi connectivity index (χ3v) is 9.01. The summed E-state index contributed by atoms with van der Waals surface area (Å²) in [5.41, 5.74) is 17.6. The van der Waals surface area contributed by atoms with Gasteiger partial charge in [-0.15, -0.1) is 0 Å². The molecule has 13 heteroatoms. The summed E-state index contributed by atoms with van der Waals surface area (Å²) in [6, 6.07) is 28.1. The van der Waals surface area contributed by atoms with Crippen LogP contribution in [0.5, 0.6) is 17.2 Å². The molecule has 260 valence electrons. The number of aliphatic hydroxyl groups excluding tert-OH is 1. The van der Waals surface area contributed by atoms with Crippen LogP contribution in [-0.4, -0.2) is 56.4 Å². The molecule has 2 atom stereocenters. The van der Waals surface area contributed by atoms with Crippen molar-refractivity contribution in [2.75, 3.05) is 34.0 Å². The van der Waals surface area contributed by atoms with Crippen LogP contribution in [0.4, 0.5) is 0 Å². The number of halogens is 1. The van der Waals surface area contributed by atoms with E-state index in [1.807, 2.05) is 78.9 Å². The molecule has 0 unspecified atom stereocenters. The number of nitrogens with one attached hydrogen (secondary N) is 2. The van der Waals surface area contributed by atoms with Crippen LogP contribution in [0, 0.1) is 0 Å². The fourth-order valence-corrected chi connectivity index (χ4v) is 6.22. The number of amides is 1. The number of azide groups is 1. The highest BCUT2D eigenvalue weighted by Gasteiger charge is 2.54. The Hall–Kier alpha value is -5.07. The van der Waals surface area contributed by atoms with Gasteiger partial charge in [0, 0.05) is 46.5 Å². The van der Waals surface area contributed by atoms with Crippen LogP contribution < -0.4 is 25.1 Å². The molecule has 0 bridgehead atoms. The molecule has 0 saturated carbocycles. The van der Waals surface area contributed by atoms with E-state index in [4.69, 9.17) is 34.6 Å². The predicted octanol–water partition coefficient (Wildman–Crippen LogP) is 6.40. The Balaban J connectivity index is 1.50. The summed E-state index contributed by atoms with van der Waals surface area (Å²) < 4.78 is 23.9. The van der Waals surface area contributed by atoms with E-state index in [-0.39, 0.29) is 19.6 Å². The number of ether oxygens (including phenoxy) is 4. The van der Waals surface area contributed by atoms with Crippen molar-refractivity contribution in [3.8, 4) is 17.2 Å². The highest BCUT2D eigenvalue weighted by Crippen LogP contribution is 2.45. The highest BCUT2D eigenvalue weighted by molar-refractivity contribution is 9.10. The lowest BCUT2D eigenvalue weighted by Crippen LogP contribution is -2.54. The predicted molar refractivity (Wildman–Crippen MR) is 193 cm³/mol. The standard InChI is InChI=1S/C37H39BrN6O6/c1-47-32-17-12-25(22-33(32)48-2)18-19-40-43-36(46)37(23-27-8-3-4-9-28(27)24-41-44-39)34(30-10-5-6-11-31(30)38)50-35(42-37)26-13-15-29(16-14-26)49-21-7-20-45/h3-6,8-17,22,34,40,45H,7,18-21,23-24H2,1-2H3,(H,43,46)/t34-,37-/m0/s1. The van der Waals surface area contributed by atoms with E-state index in [0.717, 1.165) is 26.7 Å². The summed E-state index contributed by atoms with van der Waals surface area (Å²) in [7, 11) is 3.18. The first-order chi connectivity index (χ1) is 24.4. The monoisotopic (exact) mass is 742 g/mol. The Labute approximate surface area is 299 Å². The van der Waals surface area contributed by atoms with Gasteiger partial charge in [0.05, 0.1) is 27.4 Å². The number of rotatable bonds is 17. The second kappa shape index (κ2) is 17.5. The number of hydrogen-bond donors (Lipinski definition) is 3. The zero-order valence-electron chi connectivity index (χ0n) is 27.8. The van der Waals surface area contributed by atoms with E-state index in [1.165, 1.54) is 0 Å². The Morgan fingerprint density at radius 1 is 1.02 bits per heavy atom. The van der Waals surface area contributed by atoms with Gasteiger partial charge >= 0.3 is 0 Å². The molecular weight excluding hydrogens is 704 g/mol. The SMILES string of the molecule is COc1ccc(CCNNC(=O)[C@@]2(Cc3ccccc3CN=[N+]=[N-])N=C(c3ccc(OCCCO)cc3)O[C@H]2c2ccccc2Br)cc1OC. The third-order valence-electron chi connectivity index (χ3n) is 8.29. The number of methoxy groups -OCH3 is 2. The molecule has 1 aliphatic rings. The Kier molecular flexibility index (Phi) is 12.7. The van der Waals surface area contributed by atoms with Crippen molar-refractivity contribution in [1.29, 1.82) is 0 Å². The van der Waals surface area contributed by atoms with Crippen LogP contribution in [0.1, 0.15) is 40.3 Å². The smallest absolute Gasteiger partial charge is 0.266 e. The van der Waals surface area contributed by atoms with Gasteiger partial charge in [0.2, 0.25) is 5.90 Å². The van der Waals surface area contributed by atoms with E-state index >= 15 is 0 Å². The largest absolute Gasteiger partial charge is 0.494 e. The number of hydrazine groups is 1. The van der Waals surface area contributed by atoms with Crippen molar-refractivity contribution in [2.45, 2.75) is 37.5 Å². The average Bonchev–Trinajstić information content (AvgIpc) is 3.53. The molecule has 3 N–H and O–H groups in total. The Bertz CT molecular complexity index is 1850. The minimum Gasteiger partial charge on any atom is -0.494 e. The first-order valence-corrected chi connectivity index (χ1v) is 16.9. The van der Waals surface area contributed by atoms with Crippen LogP contribution in [0.2, 0.25) is 0 Å². The number of hydrogen-bond acceptors (Lipinski definition) is 9. The van der Waals surface area contributed by atoms with Crippen molar-refractivity contribution < 1.29 is 28.8 Å². The quantitative estimate of drug-likeness (QED) is 0.0371. The molecule has 5 rings (SSSR count). The summed E-state index contributed by atoms with van der Waals surface area (Å²) in [6.45, 7) is 0.956. The molecule has 50 heavy (non-hydrogen) atoms. The van der Waals surface area contributed by atoms with Crippen molar-refractivity contribution in [1.82, 2.24) is 10.9 Å². The van der Waals surface area contributed by atoms with Crippen molar-refractivity contribution in [3.63, 3.8) is 0 Å². The normalized spacial score (nSPS) is 16.5. The van der Waals surface area contributed by atoms with E-state index in [9.17, 15) is 4.79 Å². The second-order valence-electron chi connectivity index (χ2n) is 11.5. The van der Waals surface area contributed by atoms with Gasteiger partial charge in [-0.2, -0.15) is 0 Å². The maximum absolute atomic E-state index is 14.6. The third kappa shape index (κ3) is 8.55. The minimum absolute atomic E-state index is 0.0421. The highest BCUT2D eigenvalue weighted by atomic mass is 79.9.